The summed E-state index contributed by atoms with van der Waals surface area (Å²) in [5.74, 6) is -0.326. The van der Waals surface area contributed by atoms with Gasteiger partial charge in [0.15, 0.2) is 0 Å². The smallest absolute Gasteiger partial charge is 0.341 e. The summed E-state index contributed by atoms with van der Waals surface area (Å²) in [4.78, 5) is 12.0. The molecule has 1 heterocycles. The first-order valence-electron chi connectivity index (χ1n) is 6.45. The number of benzene rings is 1. The van der Waals surface area contributed by atoms with Crippen LogP contribution < -0.4 is 0 Å². The molecule has 0 aliphatic rings. The molecule has 1 aromatic heterocycles. The number of esters is 1. The SMILES string of the molecule is CCOC(=O)c1cnn(C(C)C)c1-c1ccccc1. The van der Waals surface area contributed by atoms with Crippen LogP contribution in [0.2, 0.25) is 0 Å². The van der Waals surface area contributed by atoms with Crippen molar-refractivity contribution < 1.29 is 9.53 Å². The molecule has 0 aliphatic heterocycles. The summed E-state index contributed by atoms with van der Waals surface area (Å²) in [5.41, 5.74) is 2.30. The highest BCUT2D eigenvalue weighted by Gasteiger charge is 2.20. The first kappa shape index (κ1) is 13.3. The van der Waals surface area contributed by atoms with Crippen LogP contribution in [-0.4, -0.2) is 22.4 Å². The quantitative estimate of drug-likeness (QED) is 0.790. The first-order valence-corrected chi connectivity index (χ1v) is 6.45. The number of nitrogens with zero attached hydrogens (tertiary/aromatic N) is 2. The molecule has 0 amide bonds. The van der Waals surface area contributed by atoms with Gasteiger partial charge in [0.2, 0.25) is 0 Å². The van der Waals surface area contributed by atoms with Crippen molar-refractivity contribution in [1.29, 1.82) is 0 Å². The van der Waals surface area contributed by atoms with Crippen molar-refractivity contribution >= 4 is 5.97 Å². The van der Waals surface area contributed by atoms with Gasteiger partial charge in [0.1, 0.15) is 5.56 Å². The zero-order valence-electron chi connectivity index (χ0n) is 11.5. The molecule has 0 aliphatic carbocycles. The average Bonchev–Trinajstić information content (AvgIpc) is 2.85. The lowest BCUT2D eigenvalue weighted by Gasteiger charge is -2.12. The van der Waals surface area contributed by atoms with Crippen LogP contribution in [0.5, 0.6) is 0 Å². The molecule has 19 heavy (non-hydrogen) atoms. The van der Waals surface area contributed by atoms with Gasteiger partial charge < -0.3 is 4.74 Å². The van der Waals surface area contributed by atoms with Crippen molar-refractivity contribution in [2.24, 2.45) is 0 Å². The van der Waals surface area contributed by atoms with E-state index >= 15 is 0 Å². The van der Waals surface area contributed by atoms with E-state index in [1.165, 1.54) is 0 Å². The Labute approximate surface area is 113 Å². The lowest BCUT2D eigenvalue weighted by atomic mass is 10.1. The summed E-state index contributed by atoms with van der Waals surface area (Å²) >= 11 is 0. The minimum atomic E-state index is -0.326. The number of aromatic nitrogens is 2. The number of hydrogen-bond acceptors (Lipinski definition) is 3. The monoisotopic (exact) mass is 258 g/mol. The van der Waals surface area contributed by atoms with Gasteiger partial charge in [-0.15, -0.1) is 0 Å². The van der Waals surface area contributed by atoms with Gasteiger partial charge in [0.25, 0.3) is 0 Å². The number of ether oxygens (including phenoxy) is 1. The van der Waals surface area contributed by atoms with Crippen LogP contribution in [-0.2, 0) is 4.74 Å². The van der Waals surface area contributed by atoms with Gasteiger partial charge >= 0.3 is 5.97 Å². The van der Waals surface area contributed by atoms with E-state index in [1.807, 2.05) is 48.9 Å². The van der Waals surface area contributed by atoms with E-state index in [9.17, 15) is 4.79 Å². The second-order valence-electron chi connectivity index (χ2n) is 4.53. The van der Waals surface area contributed by atoms with Crippen molar-refractivity contribution in [1.82, 2.24) is 9.78 Å². The highest BCUT2D eigenvalue weighted by molar-refractivity contribution is 5.96. The summed E-state index contributed by atoms with van der Waals surface area (Å²) in [7, 11) is 0. The second kappa shape index (κ2) is 5.69. The number of carbonyl (C=O) groups excluding carboxylic acids is 1. The van der Waals surface area contributed by atoms with E-state index in [2.05, 4.69) is 5.10 Å². The molecule has 0 saturated carbocycles. The van der Waals surface area contributed by atoms with Crippen LogP contribution in [0.4, 0.5) is 0 Å². The Kier molecular flexibility index (Phi) is 4.00. The van der Waals surface area contributed by atoms with Crippen molar-refractivity contribution in [3.8, 4) is 11.3 Å². The van der Waals surface area contributed by atoms with Crippen LogP contribution in [0, 0.1) is 0 Å². The molecule has 2 rings (SSSR count). The molecule has 4 heteroatoms. The summed E-state index contributed by atoms with van der Waals surface area (Å²) in [6.45, 7) is 6.23. The third-order valence-electron chi connectivity index (χ3n) is 2.83. The van der Waals surface area contributed by atoms with E-state index in [1.54, 1.807) is 13.1 Å². The molecule has 0 atom stereocenters. The Morgan fingerprint density at radius 1 is 1.32 bits per heavy atom. The Morgan fingerprint density at radius 2 is 2.00 bits per heavy atom. The topological polar surface area (TPSA) is 44.1 Å². The minimum Gasteiger partial charge on any atom is -0.462 e. The molecule has 1 aromatic carbocycles. The Bertz CT molecular complexity index is 559. The summed E-state index contributed by atoms with van der Waals surface area (Å²) in [6.07, 6.45) is 1.58. The van der Waals surface area contributed by atoms with Gasteiger partial charge in [0, 0.05) is 11.6 Å². The van der Waals surface area contributed by atoms with Gasteiger partial charge in [-0.25, -0.2) is 4.79 Å². The van der Waals surface area contributed by atoms with Crippen LogP contribution >= 0.6 is 0 Å². The predicted molar refractivity (Wildman–Crippen MR) is 74.0 cm³/mol. The maximum Gasteiger partial charge on any atom is 0.341 e. The maximum absolute atomic E-state index is 12.0. The van der Waals surface area contributed by atoms with Gasteiger partial charge in [-0.05, 0) is 20.8 Å². The maximum atomic E-state index is 12.0. The number of rotatable bonds is 4. The van der Waals surface area contributed by atoms with Crippen molar-refractivity contribution in [3.05, 3.63) is 42.1 Å². The molecule has 0 fully saturated rings. The lowest BCUT2D eigenvalue weighted by molar-refractivity contribution is 0.0527. The first-order chi connectivity index (χ1) is 9.15. The molecule has 0 spiro atoms. The van der Waals surface area contributed by atoms with Crippen molar-refractivity contribution in [2.75, 3.05) is 6.61 Å². The molecule has 4 nitrogen and oxygen atoms in total. The standard InChI is InChI=1S/C15H18N2O2/c1-4-19-15(18)13-10-16-17(11(2)3)14(13)12-8-6-5-7-9-12/h5-11H,4H2,1-3H3. The van der Waals surface area contributed by atoms with Crippen LogP contribution in [0.3, 0.4) is 0 Å². The minimum absolute atomic E-state index is 0.179. The van der Waals surface area contributed by atoms with Gasteiger partial charge in [-0.1, -0.05) is 30.3 Å². The van der Waals surface area contributed by atoms with Gasteiger partial charge in [-0.2, -0.15) is 5.10 Å². The van der Waals surface area contributed by atoms with E-state index < -0.39 is 0 Å². The fourth-order valence-corrected chi connectivity index (χ4v) is 2.00. The predicted octanol–water partition coefficient (Wildman–Crippen LogP) is 3.31. The normalized spacial score (nSPS) is 10.7. The van der Waals surface area contributed by atoms with E-state index in [-0.39, 0.29) is 12.0 Å². The zero-order chi connectivity index (χ0) is 13.8. The van der Waals surface area contributed by atoms with Crippen LogP contribution in [0.25, 0.3) is 11.3 Å². The van der Waals surface area contributed by atoms with Crippen molar-refractivity contribution in [3.63, 3.8) is 0 Å². The Morgan fingerprint density at radius 3 is 2.58 bits per heavy atom. The fraction of sp³-hybridized carbons (Fsp3) is 0.333. The largest absolute Gasteiger partial charge is 0.462 e. The molecule has 0 radical (unpaired) electrons. The zero-order valence-corrected chi connectivity index (χ0v) is 11.5. The molecule has 0 saturated heterocycles. The fourth-order valence-electron chi connectivity index (χ4n) is 2.00. The number of carbonyl (C=O) groups is 1. The molecular weight excluding hydrogens is 240 g/mol. The molecule has 0 bridgehead atoms. The van der Waals surface area contributed by atoms with E-state index in [4.69, 9.17) is 4.74 Å². The molecule has 100 valence electrons. The summed E-state index contributed by atoms with van der Waals surface area (Å²) in [6, 6.07) is 9.96. The van der Waals surface area contributed by atoms with Crippen molar-refractivity contribution in [2.45, 2.75) is 26.8 Å². The van der Waals surface area contributed by atoms with E-state index in [0.717, 1.165) is 11.3 Å². The van der Waals surface area contributed by atoms with Gasteiger partial charge in [0.05, 0.1) is 18.5 Å². The van der Waals surface area contributed by atoms with Gasteiger partial charge in [-0.3, -0.25) is 4.68 Å². The van der Waals surface area contributed by atoms with Crippen LogP contribution in [0.15, 0.2) is 36.5 Å². The molecule has 2 aromatic rings. The highest BCUT2D eigenvalue weighted by atomic mass is 16.5. The van der Waals surface area contributed by atoms with Crippen LogP contribution in [0.1, 0.15) is 37.2 Å². The lowest BCUT2D eigenvalue weighted by Crippen LogP contribution is -2.09. The average molecular weight is 258 g/mol. The Hall–Kier alpha value is -2.10. The van der Waals surface area contributed by atoms with E-state index in [0.29, 0.717) is 12.2 Å². The molecule has 0 unspecified atom stereocenters. The molecule has 0 N–H and O–H groups in total. The number of hydrogen-bond donors (Lipinski definition) is 0. The Balaban J connectivity index is 2.55. The highest BCUT2D eigenvalue weighted by Crippen LogP contribution is 2.26. The third kappa shape index (κ3) is 2.67. The molecular formula is C15H18N2O2. The summed E-state index contributed by atoms with van der Waals surface area (Å²) < 4.78 is 6.94. The third-order valence-corrected chi connectivity index (χ3v) is 2.83. The second-order valence-corrected chi connectivity index (χ2v) is 4.53. The summed E-state index contributed by atoms with van der Waals surface area (Å²) in [5, 5.41) is 4.31.